The van der Waals surface area contributed by atoms with Gasteiger partial charge in [0.2, 0.25) is 0 Å². The first-order valence-corrected chi connectivity index (χ1v) is 13.3. The Morgan fingerprint density at radius 1 is 1.03 bits per heavy atom. The molecule has 0 spiro atoms. The Morgan fingerprint density at radius 2 is 1.90 bits per heavy atom. The Kier molecular flexibility index (Phi) is 8.01. The van der Waals surface area contributed by atoms with Gasteiger partial charge in [-0.05, 0) is 65.7 Å². The van der Waals surface area contributed by atoms with Crippen LogP contribution in [0.15, 0.2) is 65.7 Å². The highest BCUT2D eigenvalue weighted by molar-refractivity contribution is 7.99. The molecule has 0 aliphatic carbocycles. The van der Waals surface area contributed by atoms with E-state index in [1.807, 2.05) is 23.5 Å². The van der Waals surface area contributed by atoms with Gasteiger partial charge in [-0.15, -0.1) is 11.8 Å². The highest BCUT2D eigenvalue weighted by Gasteiger charge is 2.16. The molecule has 0 bridgehead atoms. The molecule has 0 saturated carbocycles. The van der Waals surface area contributed by atoms with Crippen LogP contribution in [0, 0.1) is 0 Å². The number of aromatic amines is 1. The smallest absolute Gasteiger partial charge is 0.0457 e. The molecule has 1 aromatic heterocycles. The summed E-state index contributed by atoms with van der Waals surface area (Å²) in [6.45, 7) is 3.24. The van der Waals surface area contributed by atoms with E-state index in [0.717, 1.165) is 18.7 Å². The van der Waals surface area contributed by atoms with Crippen LogP contribution in [-0.4, -0.2) is 29.1 Å². The molecular formula is C26H32N2S2. The predicted molar refractivity (Wildman–Crippen MR) is 136 cm³/mol. The summed E-state index contributed by atoms with van der Waals surface area (Å²) in [6.07, 6.45) is 9.46. The van der Waals surface area contributed by atoms with Crippen LogP contribution in [0.25, 0.3) is 16.5 Å². The topological polar surface area (TPSA) is 27.8 Å². The van der Waals surface area contributed by atoms with Gasteiger partial charge in [-0.3, -0.25) is 0 Å². The summed E-state index contributed by atoms with van der Waals surface area (Å²) in [7, 11) is 0. The van der Waals surface area contributed by atoms with E-state index in [4.69, 9.17) is 0 Å². The van der Waals surface area contributed by atoms with E-state index in [9.17, 15) is 0 Å². The van der Waals surface area contributed by atoms with Crippen molar-refractivity contribution in [3.63, 3.8) is 0 Å². The van der Waals surface area contributed by atoms with Crippen LogP contribution in [0.2, 0.25) is 0 Å². The SMILES string of the molecule is CCCCSc1ccc(C2=CCNC(CCSCc3c[nH]c4ccccc34)C2)cc1. The third-order valence-electron chi connectivity index (χ3n) is 5.76. The molecule has 3 aromatic rings. The average Bonchev–Trinajstić information content (AvgIpc) is 3.21. The van der Waals surface area contributed by atoms with Gasteiger partial charge >= 0.3 is 0 Å². The fourth-order valence-corrected chi connectivity index (χ4v) is 6.02. The molecule has 1 aliphatic rings. The van der Waals surface area contributed by atoms with Gasteiger partial charge in [0.25, 0.3) is 0 Å². The maximum absolute atomic E-state index is 3.69. The molecular weight excluding hydrogens is 404 g/mol. The van der Waals surface area contributed by atoms with Crippen LogP contribution in [0.5, 0.6) is 0 Å². The maximum atomic E-state index is 3.69. The third-order valence-corrected chi connectivity index (χ3v) is 7.89. The van der Waals surface area contributed by atoms with E-state index < -0.39 is 0 Å². The second kappa shape index (κ2) is 11.1. The zero-order valence-electron chi connectivity index (χ0n) is 17.8. The molecule has 0 saturated heterocycles. The van der Waals surface area contributed by atoms with Crippen LogP contribution in [0.3, 0.4) is 0 Å². The number of H-pyrrole nitrogens is 1. The molecule has 4 rings (SSSR count). The zero-order valence-corrected chi connectivity index (χ0v) is 19.5. The number of unbranched alkanes of at least 4 members (excludes halogenated alkanes) is 1. The van der Waals surface area contributed by atoms with Gasteiger partial charge in [-0.25, -0.2) is 0 Å². The van der Waals surface area contributed by atoms with Crippen LogP contribution < -0.4 is 5.32 Å². The van der Waals surface area contributed by atoms with Crippen molar-refractivity contribution in [2.45, 2.75) is 49.3 Å². The van der Waals surface area contributed by atoms with Crippen LogP contribution in [0.1, 0.15) is 43.7 Å². The number of benzene rings is 2. The molecule has 30 heavy (non-hydrogen) atoms. The second-order valence-corrected chi connectivity index (χ2v) is 10.2. The quantitative estimate of drug-likeness (QED) is 0.261. The first kappa shape index (κ1) is 21.6. The molecule has 0 amide bonds. The number of aromatic nitrogens is 1. The normalized spacial score (nSPS) is 16.7. The van der Waals surface area contributed by atoms with Crippen LogP contribution >= 0.6 is 23.5 Å². The summed E-state index contributed by atoms with van der Waals surface area (Å²) in [5, 5.41) is 5.05. The molecule has 1 unspecified atom stereocenters. The second-order valence-electron chi connectivity index (χ2n) is 7.97. The number of nitrogens with one attached hydrogen (secondary N) is 2. The highest BCUT2D eigenvalue weighted by Crippen LogP contribution is 2.28. The summed E-state index contributed by atoms with van der Waals surface area (Å²) in [5.41, 5.74) is 5.56. The zero-order chi connectivity index (χ0) is 20.6. The van der Waals surface area contributed by atoms with Gasteiger partial charge in [0, 0.05) is 40.3 Å². The van der Waals surface area contributed by atoms with Crippen LogP contribution in [0.4, 0.5) is 0 Å². The van der Waals surface area contributed by atoms with Crippen molar-refractivity contribution in [3.05, 3.63) is 71.9 Å². The monoisotopic (exact) mass is 436 g/mol. The molecule has 158 valence electrons. The van der Waals surface area contributed by atoms with E-state index in [0.29, 0.717) is 6.04 Å². The number of hydrogen-bond acceptors (Lipinski definition) is 3. The van der Waals surface area contributed by atoms with Gasteiger partial charge in [-0.2, -0.15) is 11.8 Å². The summed E-state index contributed by atoms with van der Waals surface area (Å²) < 4.78 is 0. The predicted octanol–water partition coefficient (Wildman–Crippen LogP) is 7.13. The lowest BCUT2D eigenvalue weighted by atomic mass is 9.94. The molecule has 4 heteroatoms. The molecule has 2 aromatic carbocycles. The fraction of sp³-hybridized carbons (Fsp3) is 0.385. The van der Waals surface area contributed by atoms with Gasteiger partial charge in [0.15, 0.2) is 0 Å². The minimum Gasteiger partial charge on any atom is -0.361 e. The summed E-state index contributed by atoms with van der Waals surface area (Å²) in [4.78, 5) is 4.78. The number of hydrogen-bond donors (Lipinski definition) is 2. The Hall–Kier alpha value is -1.62. The first-order valence-electron chi connectivity index (χ1n) is 11.1. The minimum absolute atomic E-state index is 0.582. The van der Waals surface area contributed by atoms with Crippen molar-refractivity contribution in [3.8, 4) is 0 Å². The fourth-order valence-electron chi connectivity index (χ4n) is 3.97. The van der Waals surface area contributed by atoms with E-state index in [1.165, 1.54) is 63.3 Å². The largest absolute Gasteiger partial charge is 0.361 e. The maximum Gasteiger partial charge on any atom is 0.0457 e. The van der Waals surface area contributed by atoms with Gasteiger partial charge in [0.05, 0.1) is 0 Å². The number of para-hydroxylation sites is 1. The Balaban J connectivity index is 1.23. The van der Waals surface area contributed by atoms with Crippen molar-refractivity contribution in [2.75, 3.05) is 18.1 Å². The van der Waals surface area contributed by atoms with Crippen molar-refractivity contribution in [1.82, 2.24) is 10.3 Å². The number of fused-ring (bicyclic) bond motifs is 1. The van der Waals surface area contributed by atoms with E-state index in [1.54, 1.807) is 0 Å². The van der Waals surface area contributed by atoms with Crippen molar-refractivity contribution >= 4 is 40.0 Å². The van der Waals surface area contributed by atoms with Crippen molar-refractivity contribution in [2.24, 2.45) is 0 Å². The third kappa shape index (κ3) is 5.75. The lowest BCUT2D eigenvalue weighted by molar-refractivity contribution is 0.525. The molecule has 1 aliphatic heterocycles. The van der Waals surface area contributed by atoms with Crippen molar-refractivity contribution in [1.29, 1.82) is 0 Å². The van der Waals surface area contributed by atoms with E-state index in [-0.39, 0.29) is 0 Å². The lowest BCUT2D eigenvalue weighted by Gasteiger charge is -2.24. The molecule has 0 fully saturated rings. The van der Waals surface area contributed by atoms with Crippen LogP contribution in [-0.2, 0) is 5.75 Å². The summed E-state index contributed by atoms with van der Waals surface area (Å²) in [6, 6.07) is 18.4. The number of thioether (sulfide) groups is 2. The number of rotatable bonds is 10. The van der Waals surface area contributed by atoms with Crippen molar-refractivity contribution < 1.29 is 0 Å². The summed E-state index contributed by atoms with van der Waals surface area (Å²) >= 11 is 4.02. The lowest BCUT2D eigenvalue weighted by Crippen LogP contribution is -2.33. The molecule has 2 nitrogen and oxygen atoms in total. The van der Waals surface area contributed by atoms with E-state index >= 15 is 0 Å². The first-order chi connectivity index (χ1) is 14.8. The summed E-state index contributed by atoms with van der Waals surface area (Å²) in [5.74, 6) is 3.49. The molecule has 0 radical (unpaired) electrons. The standard InChI is InChI=1S/C26H32N2S2/c1-2-3-15-30-24-10-8-20(9-11-24)21-12-14-27-23(17-21)13-16-29-19-22-18-28-26-7-5-4-6-25(22)26/h4-12,18,23,27-28H,2-3,13-17,19H2,1H3. The van der Waals surface area contributed by atoms with E-state index in [2.05, 4.69) is 78.0 Å². The minimum atomic E-state index is 0.582. The highest BCUT2D eigenvalue weighted by atomic mass is 32.2. The Labute approximate surface area is 189 Å². The molecule has 2 N–H and O–H groups in total. The van der Waals surface area contributed by atoms with Gasteiger partial charge in [-0.1, -0.05) is 49.8 Å². The molecule has 2 heterocycles. The van der Waals surface area contributed by atoms with Gasteiger partial charge in [0.1, 0.15) is 0 Å². The molecule has 1 atom stereocenters. The Morgan fingerprint density at radius 3 is 2.77 bits per heavy atom. The Bertz CT molecular complexity index is 959. The van der Waals surface area contributed by atoms with Gasteiger partial charge < -0.3 is 10.3 Å². The average molecular weight is 437 g/mol.